The highest BCUT2D eigenvalue weighted by atomic mass is 35.5. The maximum Gasteiger partial charge on any atom is 0.349 e. The van der Waals surface area contributed by atoms with E-state index in [-0.39, 0.29) is 6.61 Å². The Morgan fingerprint density at radius 3 is 2.75 bits per heavy atom. The number of nitriles is 1. The maximum absolute atomic E-state index is 11.6. The van der Waals surface area contributed by atoms with Crippen LogP contribution in [0.4, 0.5) is 0 Å². The summed E-state index contributed by atoms with van der Waals surface area (Å²) in [6.07, 6.45) is 0. The minimum absolute atomic E-state index is 0.287. The number of halogens is 1. The molecule has 0 saturated heterocycles. The van der Waals surface area contributed by atoms with Crippen molar-refractivity contribution < 1.29 is 14.3 Å². The number of nitrogens with zero attached hydrogens (tertiary/aromatic N) is 1. The molecule has 0 saturated carbocycles. The molecule has 0 unspecified atom stereocenters. The van der Waals surface area contributed by atoms with Gasteiger partial charge in [-0.1, -0.05) is 29.8 Å². The lowest BCUT2D eigenvalue weighted by atomic mass is 10.2. The van der Waals surface area contributed by atoms with Crippen molar-refractivity contribution in [2.45, 2.75) is 0 Å². The van der Waals surface area contributed by atoms with Crippen molar-refractivity contribution in [3.63, 3.8) is 0 Å². The Morgan fingerprint density at radius 2 is 2.00 bits per heavy atom. The van der Waals surface area contributed by atoms with Crippen LogP contribution in [0.5, 0.6) is 11.5 Å². The predicted molar refractivity (Wildman–Crippen MR) is 73.7 cm³/mol. The third-order valence-corrected chi connectivity index (χ3v) is 2.62. The van der Waals surface area contributed by atoms with Gasteiger partial charge in [0, 0.05) is 5.02 Å². The number of para-hydroxylation sites is 1. The fourth-order valence-corrected chi connectivity index (χ4v) is 1.69. The maximum atomic E-state index is 11.6. The van der Waals surface area contributed by atoms with Crippen LogP contribution in [0.1, 0.15) is 5.56 Å². The number of benzene rings is 2. The molecule has 0 bridgehead atoms. The summed E-state index contributed by atoms with van der Waals surface area (Å²) in [6, 6.07) is 15.2. The number of rotatable bonds is 4. The molecule has 0 aliphatic heterocycles. The molecule has 0 aromatic heterocycles. The minimum atomic E-state index is -0.569. The lowest BCUT2D eigenvalue weighted by molar-refractivity contribution is -0.136. The second kappa shape index (κ2) is 6.60. The number of ether oxygens (including phenoxy) is 2. The van der Waals surface area contributed by atoms with E-state index < -0.39 is 5.97 Å². The van der Waals surface area contributed by atoms with Crippen LogP contribution in [-0.4, -0.2) is 12.6 Å². The van der Waals surface area contributed by atoms with Crippen LogP contribution in [0.3, 0.4) is 0 Å². The van der Waals surface area contributed by atoms with Gasteiger partial charge in [-0.25, -0.2) is 4.79 Å². The first-order valence-corrected chi connectivity index (χ1v) is 6.15. The SMILES string of the molecule is N#Cc1ccccc1OCC(=O)Oc1cccc(Cl)c1. The predicted octanol–water partition coefficient (Wildman–Crippen LogP) is 3.20. The van der Waals surface area contributed by atoms with Crippen molar-refractivity contribution in [1.82, 2.24) is 0 Å². The average Bonchev–Trinajstić information content (AvgIpc) is 2.45. The molecule has 0 atom stereocenters. The fraction of sp³-hybridized carbons (Fsp3) is 0.0667. The van der Waals surface area contributed by atoms with Crippen LogP contribution in [0.2, 0.25) is 5.02 Å². The molecule has 20 heavy (non-hydrogen) atoms. The summed E-state index contributed by atoms with van der Waals surface area (Å²) in [4.78, 5) is 11.6. The van der Waals surface area contributed by atoms with Crippen LogP contribution >= 0.6 is 11.6 Å². The number of esters is 1. The van der Waals surface area contributed by atoms with Gasteiger partial charge in [-0.2, -0.15) is 5.26 Å². The molecule has 0 fully saturated rings. The van der Waals surface area contributed by atoms with Crippen molar-refractivity contribution in [2.24, 2.45) is 0 Å². The average molecular weight is 288 g/mol. The quantitative estimate of drug-likeness (QED) is 0.640. The zero-order chi connectivity index (χ0) is 14.4. The van der Waals surface area contributed by atoms with Gasteiger partial charge in [-0.05, 0) is 30.3 Å². The molecule has 0 aliphatic carbocycles. The molecule has 2 aromatic rings. The smallest absolute Gasteiger partial charge is 0.349 e. The third-order valence-electron chi connectivity index (χ3n) is 2.38. The molecule has 0 radical (unpaired) electrons. The molecular formula is C15H10ClNO3. The molecular weight excluding hydrogens is 278 g/mol. The second-order valence-corrected chi connectivity index (χ2v) is 4.26. The third kappa shape index (κ3) is 3.74. The van der Waals surface area contributed by atoms with E-state index in [0.717, 1.165) is 0 Å². The number of hydrogen-bond acceptors (Lipinski definition) is 4. The van der Waals surface area contributed by atoms with Crippen LogP contribution < -0.4 is 9.47 Å². The molecule has 2 aromatic carbocycles. The Morgan fingerprint density at radius 1 is 1.20 bits per heavy atom. The number of carbonyl (C=O) groups is 1. The Bertz CT molecular complexity index is 664. The molecule has 0 aliphatic rings. The normalized spacial score (nSPS) is 9.60. The van der Waals surface area contributed by atoms with E-state index in [9.17, 15) is 4.79 Å². The van der Waals surface area contributed by atoms with Gasteiger partial charge < -0.3 is 9.47 Å². The second-order valence-electron chi connectivity index (χ2n) is 3.83. The summed E-state index contributed by atoms with van der Waals surface area (Å²) in [5, 5.41) is 9.37. The van der Waals surface area contributed by atoms with Gasteiger partial charge in [0.05, 0.1) is 5.56 Å². The van der Waals surface area contributed by atoms with Gasteiger partial charge in [-0.3, -0.25) is 0 Å². The van der Waals surface area contributed by atoms with E-state index in [4.69, 9.17) is 26.3 Å². The van der Waals surface area contributed by atoms with E-state index >= 15 is 0 Å². The molecule has 2 rings (SSSR count). The van der Waals surface area contributed by atoms with E-state index in [0.29, 0.717) is 22.1 Å². The summed E-state index contributed by atoms with van der Waals surface area (Å²) in [5.41, 5.74) is 0.364. The molecule has 0 amide bonds. The van der Waals surface area contributed by atoms with Crippen LogP contribution in [0, 0.1) is 11.3 Å². The first-order valence-electron chi connectivity index (χ1n) is 5.77. The van der Waals surface area contributed by atoms with Crippen molar-refractivity contribution in [3.05, 3.63) is 59.1 Å². The highest BCUT2D eigenvalue weighted by molar-refractivity contribution is 6.30. The van der Waals surface area contributed by atoms with Gasteiger partial charge in [0.15, 0.2) is 6.61 Å². The van der Waals surface area contributed by atoms with Gasteiger partial charge in [0.2, 0.25) is 0 Å². The van der Waals surface area contributed by atoms with Gasteiger partial charge >= 0.3 is 5.97 Å². The van der Waals surface area contributed by atoms with E-state index in [1.54, 1.807) is 42.5 Å². The molecule has 0 N–H and O–H groups in total. The van der Waals surface area contributed by atoms with E-state index in [2.05, 4.69) is 0 Å². The first-order chi connectivity index (χ1) is 9.69. The zero-order valence-electron chi connectivity index (χ0n) is 10.4. The summed E-state index contributed by atoms with van der Waals surface area (Å²) in [7, 11) is 0. The Kier molecular flexibility index (Phi) is 4.59. The Balaban J connectivity index is 1.94. The molecule has 100 valence electrons. The first kappa shape index (κ1) is 13.9. The summed E-state index contributed by atoms with van der Waals surface area (Å²) in [5.74, 6) is 0.123. The lowest BCUT2D eigenvalue weighted by Gasteiger charge is -2.07. The molecule has 4 nitrogen and oxygen atoms in total. The van der Waals surface area contributed by atoms with Crippen LogP contribution in [0.25, 0.3) is 0 Å². The highest BCUT2D eigenvalue weighted by Gasteiger charge is 2.08. The van der Waals surface area contributed by atoms with E-state index in [1.807, 2.05) is 6.07 Å². The standard InChI is InChI=1S/C15H10ClNO3/c16-12-5-3-6-13(8-12)20-15(18)10-19-14-7-2-1-4-11(14)9-17/h1-8H,10H2. The largest absolute Gasteiger partial charge is 0.481 e. The van der Waals surface area contributed by atoms with Crippen molar-refractivity contribution in [2.75, 3.05) is 6.61 Å². The highest BCUT2D eigenvalue weighted by Crippen LogP contribution is 2.18. The van der Waals surface area contributed by atoms with Gasteiger partial charge in [0.1, 0.15) is 17.6 Å². The lowest BCUT2D eigenvalue weighted by Crippen LogP contribution is -2.18. The summed E-state index contributed by atoms with van der Waals surface area (Å²) < 4.78 is 10.3. The summed E-state index contributed by atoms with van der Waals surface area (Å²) >= 11 is 5.78. The van der Waals surface area contributed by atoms with E-state index in [1.165, 1.54) is 6.07 Å². The fourth-order valence-electron chi connectivity index (χ4n) is 1.51. The summed E-state index contributed by atoms with van der Waals surface area (Å²) in [6.45, 7) is -0.287. The Labute approximate surface area is 121 Å². The zero-order valence-corrected chi connectivity index (χ0v) is 11.1. The van der Waals surface area contributed by atoms with Crippen LogP contribution in [-0.2, 0) is 4.79 Å². The van der Waals surface area contributed by atoms with Crippen molar-refractivity contribution in [1.29, 1.82) is 5.26 Å². The molecule has 5 heteroatoms. The topological polar surface area (TPSA) is 59.3 Å². The number of hydrogen-bond donors (Lipinski definition) is 0. The molecule has 0 heterocycles. The van der Waals surface area contributed by atoms with Crippen molar-refractivity contribution >= 4 is 17.6 Å². The van der Waals surface area contributed by atoms with Gasteiger partial charge in [0.25, 0.3) is 0 Å². The number of carbonyl (C=O) groups excluding carboxylic acids is 1. The van der Waals surface area contributed by atoms with Crippen molar-refractivity contribution in [3.8, 4) is 17.6 Å². The van der Waals surface area contributed by atoms with Gasteiger partial charge in [-0.15, -0.1) is 0 Å². The molecule has 0 spiro atoms. The minimum Gasteiger partial charge on any atom is -0.481 e. The van der Waals surface area contributed by atoms with Crippen LogP contribution in [0.15, 0.2) is 48.5 Å². The monoisotopic (exact) mass is 287 g/mol. The Hall–Kier alpha value is -2.51.